The van der Waals surface area contributed by atoms with E-state index in [0.29, 0.717) is 13.1 Å². The van der Waals surface area contributed by atoms with E-state index in [1.807, 2.05) is 20.8 Å². The van der Waals surface area contributed by atoms with Crippen molar-refractivity contribution in [3.8, 4) is 0 Å². The van der Waals surface area contributed by atoms with Gasteiger partial charge in [0.25, 0.3) is 0 Å². The Morgan fingerprint density at radius 1 is 1.44 bits per heavy atom. The molecule has 0 bridgehead atoms. The number of nitrogens with one attached hydrogen (secondary N) is 2. The fraction of sp³-hybridized carbons (Fsp3) is 0.923. The van der Waals surface area contributed by atoms with Crippen molar-refractivity contribution in [2.24, 2.45) is 0 Å². The number of carbonyl (C=O) groups excluding carboxylic acids is 1. The van der Waals surface area contributed by atoms with Crippen LogP contribution in [-0.4, -0.2) is 43.0 Å². The number of amides is 1. The van der Waals surface area contributed by atoms with Crippen LogP contribution in [0.3, 0.4) is 0 Å². The number of ether oxygens (including phenoxy) is 2. The Kier molecular flexibility index (Phi) is 4.99. The molecule has 0 aliphatic carbocycles. The Hall–Kier alpha value is -0.810. The van der Waals surface area contributed by atoms with E-state index >= 15 is 0 Å². The molecule has 2 atom stereocenters. The smallest absolute Gasteiger partial charge is 0.407 e. The van der Waals surface area contributed by atoms with Gasteiger partial charge >= 0.3 is 6.09 Å². The summed E-state index contributed by atoms with van der Waals surface area (Å²) < 4.78 is 10.7. The van der Waals surface area contributed by atoms with E-state index in [1.165, 1.54) is 0 Å². The molecule has 1 saturated heterocycles. The molecule has 5 nitrogen and oxygen atoms in total. The molecule has 2 N–H and O–H groups in total. The summed E-state index contributed by atoms with van der Waals surface area (Å²) in [5, 5.41) is 6.16. The van der Waals surface area contributed by atoms with Crippen molar-refractivity contribution >= 4 is 6.09 Å². The maximum Gasteiger partial charge on any atom is 0.407 e. The van der Waals surface area contributed by atoms with Crippen LogP contribution in [-0.2, 0) is 9.47 Å². The SMILES string of the molecule is CC1OCCC1(C)NCCNC(=O)OC(C)(C)C. The van der Waals surface area contributed by atoms with E-state index in [-0.39, 0.29) is 17.7 Å². The van der Waals surface area contributed by atoms with E-state index in [4.69, 9.17) is 9.47 Å². The van der Waals surface area contributed by atoms with Gasteiger partial charge in [0.15, 0.2) is 0 Å². The molecule has 0 aromatic heterocycles. The number of rotatable bonds is 4. The van der Waals surface area contributed by atoms with Gasteiger partial charge in [-0.3, -0.25) is 0 Å². The molecular formula is C13H26N2O3. The zero-order valence-corrected chi connectivity index (χ0v) is 12.1. The van der Waals surface area contributed by atoms with Crippen LogP contribution in [0.5, 0.6) is 0 Å². The zero-order valence-electron chi connectivity index (χ0n) is 12.1. The summed E-state index contributed by atoms with van der Waals surface area (Å²) in [6.45, 7) is 11.8. The first-order valence-corrected chi connectivity index (χ1v) is 6.56. The summed E-state index contributed by atoms with van der Waals surface area (Å²) in [6.07, 6.45) is 0.838. The standard InChI is InChI=1S/C13H26N2O3/c1-10-13(5,6-9-17-10)15-8-7-14-11(16)18-12(2,3)4/h10,15H,6-9H2,1-5H3,(H,14,16). The van der Waals surface area contributed by atoms with Crippen molar-refractivity contribution in [1.29, 1.82) is 0 Å². The predicted molar refractivity (Wildman–Crippen MR) is 70.7 cm³/mol. The normalized spacial score (nSPS) is 28.2. The first kappa shape index (κ1) is 15.2. The lowest BCUT2D eigenvalue weighted by Gasteiger charge is -2.29. The van der Waals surface area contributed by atoms with Gasteiger partial charge in [-0.15, -0.1) is 0 Å². The molecule has 1 aliphatic rings. The minimum atomic E-state index is -0.447. The third kappa shape index (κ3) is 4.82. The number of hydrogen-bond donors (Lipinski definition) is 2. The van der Waals surface area contributed by atoms with Crippen molar-refractivity contribution in [2.75, 3.05) is 19.7 Å². The fourth-order valence-electron chi connectivity index (χ4n) is 1.89. The molecule has 0 aromatic rings. The van der Waals surface area contributed by atoms with Gasteiger partial charge in [-0.05, 0) is 41.0 Å². The highest BCUT2D eigenvalue weighted by atomic mass is 16.6. The molecule has 0 saturated carbocycles. The Labute approximate surface area is 110 Å². The third-order valence-corrected chi connectivity index (χ3v) is 3.21. The second kappa shape index (κ2) is 5.89. The predicted octanol–water partition coefficient (Wildman–Crippen LogP) is 1.67. The largest absolute Gasteiger partial charge is 0.444 e. The Balaban J connectivity index is 2.17. The molecule has 0 aromatic carbocycles. The van der Waals surface area contributed by atoms with Crippen LogP contribution in [0.1, 0.15) is 41.0 Å². The molecule has 1 fully saturated rings. The highest BCUT2D eigenvalue weighted by Gasteiger charge is 2.36. The van der Waals surface area contributed by atoms with Gasteiger partial charge in [-0.2, -0.15) is 0 Å². The van der Waals surface area contributed by atoms with E-state index in [1.54, 1.807) is 0 Å². The number of carbonyl (C=O) groups is 1. The van der Waals surface area contributed by atoms with Gasteiger partial charge in [0.1, 0.15) is 5.60 Å². The highest BCUT2D eigenvalue weighted by Crippen LogP contribution is 2.24. The lowest BCUT2D eigenvalue weighted by atomic mass is 9.95. The minimum Gasteiger partial charge on any atom is -0.444 e. The van der Waals surface area contributed by atoms with Gasteiger partial charge < -0.3 is 20.1 Å². The quantitative estimate of drug-likeness (QED) is 0.753. The molecule has 1 aliphatic heterocycles. The molecule has 106 valence electrons. The summed E-state index contributed by atoms with van der Waals surface area (Å²) in [5.74, 6) is 0. The van der Waals surface area contributed by atoms with Crippen LogP contribution in [0.4, 0.5) is 4.79 Å². The van der Waals surface area contributed by atoms with Crippen LogP contribution in [0.2, 0.25) is 0 Å². The summed E-state index contributed by atoms with van der Waals surface area (Å²) in [7, 11) is 0. The molecule has 1 rings (SSSR count). The summed E-state index contributed by atoms with van der Waals surface area (Å²) >= 11 is 0. The number of hydrogen-bond acceptors (Lipinski definition) is 4. The summed E-state index contributed by atoms with van der Waals surface area (Å²) in [4.78, 5) is 11.4. The maximum atomic E-state index is 11.4. The van der Waals surface area contributed by atoms with Crippen LogP contribution in [0.15, 0.2) is 0 Å². The molecular weight excluding hydrogens is 232 g/mol. The highest BCUT2D eigenvalue weighted by molar-refractivity contribution is 5.67. The van der Waals surface area contributed by atoms with Crippen molar-refractivity contribution in [1.82, 2.24) is 10.6 Å². The maximum absolute atomic E-state index is 11.4. The Morgan fingerprint density at radius 3 is 2.61 bits per heavy atom. The average molecular weight is 258 g/mol. The molecule has 5 heteroatoms. The van der Waals surface area contributed by atoms with Crippen LogP contribution >= 0.6 is 0 Å². The molecule has 18 heavy (non-hydrogen) atoms. The van der Waals surface area contributed by atoms with Gasteiger partial charge in [0, 0.05) is 25.2 Å². The van der Waals surface area contributed by atoms with E-state index < -0.39 is 5.60 Å². The second-order valence-corrected chi connectivity index (χ2v) is 6.04. The lowest BCUT2D eigenvalue weighted by molar-refractivity contribution is 0.0524. The Morgan fingerprint density at radius 2 is 2.11 bits per heavy atom. The number of alkyl carbamates (subject to hydrolysis) is 1. The van der Waals surface area contributed by atoms with Gasteiger partial charge in [-0.25, -0.2) is 4.79 Å². The molecule has 1 heterocycles. The average Bonchev–Trinajstić information content (AvgIpc) is 2.52. The topological polar surface area (TPSA) is 59.6 Å². The zero-order chi connectivity index (χ0) is 13.8. The van der Waals surface area contributed by atoms with Crippen molar-refractivity contribution in [3.63, 3.8) is 0 Å². The molecule has 0 spiro atoms. The molecule has 0 radical (unpaired) electrons. The monoisotopic (exact) mass is 258 g/mol. The molecule has 1 amide bonds. The van der Waals surface area contributed by atoms with Gasteiger partial charge in [0.05, 0.1) is 6.10 Å². The van der Waals surface area contributed by atoms with E-state index in [0.717, 1.165) is 13.0 Å². The van der Waals surface area contributed by atoms with E-state index in [2.05, 4.69) is 24.5 Å². The fourth-order valence-corrected chi connectivity index (χ4v) is 1.89. The van der Waals surface area contributed by atoms with Crippen LogP contribution in [0, 0.1) is 0 Å². The second-order valence-electron chi connectivity index (χ2n) is 6.04. The lowest BCUT2D eigenvalue weighted by Crippen LogP contribution is -2.50. The third-order valence-electron chi connectivity index (χ3n) is 3.21. The Bertz CT molecular complexity index is 288. The van der Waals surface area contributed by atoms with Gasteiger partial charge in [0.2, 0.25) is 0 Å². The summed E-state index contributed by atoms with van der Waals surface area (Å²) in [6, 6.07) is 0. The summed E-state index contributed by atoms with van der Waals surface area (Å²) in [5.41, 5.74) is -0.438. The van der Waals surface area contributed by atoms with Gasteiger partial charge in [-0.1, -0.05) is 0 Å². The van der Waals surface area contributed by atoms with Crippen molar-refractivity contribution in [3.05, 3.63) is 0 Å². The van der Waals surface area contributed by atoms with Crippen molar-refractivity contribution in [2.45, 2.75) is 58.3 Å². The van der Waals surface area contributed by atoms with Crippen LogP contribution < -0.4 is 10.6 Å². The van der Waals surface area contributed by atoms with E-state index in [9.17, 15) is 4.79 Å². The van der Waals surface area contributed by atoms with Crippen LogP contribution in [0.25, 0.3) is 0 Å². The first-order valence-electron chi connectivity index (χ1n) is 6.56. The van der Waals surface area contributed by atoms with Crippen molar-refractivity contribution < 1.29 is 14.3 Å². The minimum absolute atomic E-state index is 0.00954. The molecule has 2 unspecified atom stereocenters. The first-order chi connectivity index (χ1) is 8.23.